The summed E-state index contributed by atoms with van der Waals surface area (Å²) in [6.07, 6.45) is 1.26. The molecule has 0 radical (unpaired) electrons. The highest BCUT2D eigenvalue weighted by atomic mass is 32.1. The molecule has 3 aromatic heterocycles. The van der Waals surface area contributed by atoms with Crippen molar-refractivity contribution >= 4 is 55.7 Å². The van der Waals surface area contributed by atoms with Crippen LogP contribution in [0, 0.1) is 6.92 Å². The third kappa shape index (κ3) is 5.49. The van der Waals surface area contributed by atoms with Gasteiger partial charge in [0.2, 0.25) is 5.91 Å². The minimum absolute atomic E-state index is 0.104. The number of nitrogens with one attached hydrogen (secondary N) is 1. The van der Waals surface area contributed by atoms with Gasteiger partial charge >= 0.3 is 5.97 Å². The van der Waals surface area contributed by atoms with E-state index in [0.29, 0.717) is 15.4 Å². The van der Waals surface area contributed by atoms with Gasteiger partial charge in [-0.2, -0.15) is 0 Å². The fraction of sp³-hybridized carbons (Fsp3) is 0.107. The van der Waals surface area contributed by atoms with Crippen molar-refractivity contribution < 1.29 is 19.1 Å². The Bertz CT molecular complexity index is 1760. The third-order valence-electron chi connectivity index (χ3n) is 5.94. The van der Waals surface area contributed by atoms with Crippen molar-refractivity contribution in [1.29, 1.82) is 0 Å². The molecule has 0 unspecified atom stereocenters. The van der Waals surface area contributed by atoms with E-state index in [1.165, 1.54) is 17.7 Å². The number of aromatic nitrogens is 2. The number of benzene rings is 2. The number of amides is 2. The molecule has 5 rings (SSSR count). The maximum Gasteiger partial charge on any atom is 0.349 e. The lowest BCUT2D eigenvalue weighted by molar-refractivity contribution is -0.116. The predicted octanol–water partition coefficient (Wildman–Crippen LogP) is 4.59. The van der Waals surface area contributed by atoms with Crippen LogP contribution in [-0.4, -0.2) is 27.3 Å². The average molecular weight is 559 g/mol. The molecule has 2 aromatic carbocycles. The van der Waals surface area contributed by atoms with Gasteiger partial charge in [-0.05, 0) is 29.7 Å². The van der Waals surface area contributed by atoms with Crippen LogP contribution in [0.5, 0.6) is 0 Å². The highest BCUT2D eigenvalue weighted by Gasteiger charge is 2.22. The van der Waals surface area contributed by atoms with Crippen molar-refractivity contribution in [1.82, 2.24) is 9.55 Å². The number of rotatable bonds is 8. The van der Waals surface area contributed by atoms with Crippen LogP contribution in [0.2, 0.25) is 0 Å². The predicted molar refractivity (Wildman–Crippen MR) is 151 cm³/mol. The molecule has 0 bridgehead atoms. The monoisotopic (exact) mass is 558 g/mol. The summed E-state index contributed by atoms with van der Waals surface area (Å²) in [5.74, 6) is -1.75. The average Bonchev–Trinajstić information content (AvgIpc) is 3.51. The molecule has 0 atom stereocenters. The van der Waals surface area contributed by atoms with E-state index in [2.05, 4.69) is 10.3 Å². The number of anilines is 1. The molecule has 5 aromatic rings. The number of ether oxygens (including phenoxy) is 1. The van der Waals surface area contributed by atoms with Gasteiger partial charge in [-0.3, -0.25) is 19.0 Å². The van der Waals surface area contributed by atoms with E-state index in [0.717, 1.165) is 31.9 Å². The van der Waals surface area contributed by atoms with Crippen molar-refractivity contribution in [3.05, 3.63) is 105 Å². The molecule has 0 aliphatic carbocycles. The minimum Gasteiger partial charge on any atom is -0.457 e. The van der Waals surface area contributed by atoms with Crippen LogP contribution in [0.15, 0.2) is 77.9 Å². The number of carbonyl (C=O) groups excluding carboxylic acids is 3. The van der Waals surface area contributed by atoms with Gasteiger partial charge in [-0.15, -0.1) is 22.7 Å². The van der Waals surface area contributed by atoms with Gasteiger partial charge in [-0.25, -0.2) is 9.78 Å². The number of thiophene rings is 2. The van der Waals surface area contributed by atoms with Gasteiger partial charge in [0.15, 0.2) is 0 Å². The maximum absolute atomic E-state index is 13.2. The molecular formula is C28H22N4O5S2. The van der Waals surface area contributed by atoms with Gasteiger partial charge in [-0.1, -0.05) is 60.7 Å². The van der Waals surface area contributed by atoms with Gasteiger partial charge < -0.3 is 15.8 Å². The second-order valence-electron chi connectivity index (χ2n) is 8.61. The first kappa shape index (κ1) is 26.0. The van der Waals surface area contributed by atoms with Crippen molar-refractivity contribution in [2.45, 2.75) is 20.1 Å². The second kappa shape index (κ2) is 11.0. The van der Waals surface area contributed by atoms with E-state index >= 15 is 0 Å². The summed E-state index contributed by atoms with van der Waals surface area (Å²) in [5, 5.41) is 3.24. The van der Waals surface area contributed by atoms with Crippen molar-refractivity contribution in [2.75, 3.05) is 5.32 Å². The van der Waals surface area contributed by atoms with E-state index in [-0.39, 0.29) is 29.0 Å². The number of aryl methyl sites for hydroxylation is 1. The Morgan fingerprint density at radius 3 is 2.41 bits per heavy atom. The molecule has 0 fully saturated rings. The second-order valence-corrected chi connectivity index (χ2v) is 10.7. The van der Waals surface area contributed by atoms with Gasteiger partial charge in [0, 0.05) is 4.88 Å². The van der Waals surface area contributed by atoms with Gasteiger partial charge in [0.25, 0.3) is 11.5 Å². The Balaban J connectivity index is 1.35. The molecule has 3 heterocycles. The van der Waals surface area contributed by atoms with Crippen LogP contribution in [-0.2, 0) is 22.7 Å². The zero-order valence-electron chi connectivity index (χ0n) is 20.7. The first-order valence-electron chi connectivity index (χ1n) is 11.8. The molecule has 0 spiro atoms. The lowest BCUT2D eigenvalue weighted by atomic mass is 10.1. The summed E-state index contributed by atoms with van der Waals surface area (Å²) >= 11 is 2.28. The fourth-order valence-corrected chi connectivity index (χ4v) is 6.11. The highest BCUT2D eigenvalue weighted by Crippen LogP contribution is 2.35. The molecule has 0 aliphatic heterocycles. The molecule has 196 valence electrons. The Hall–Kier alpha value is -4.61. The van der Waals surface area contributed by atoms with Crippen LogP contribution >= 0.6 is 22.7 Å². The van der Waals surface area contributed by atoms with E-state index < -0.39 is 23.3 Å². The maximum atomic E-state index is 13.2. The summed E-state index contributed by atoms with van der Waals surface area (Å²) < 4.78 is 6.58. The van der Waals surface area contributed by atoms with E-state index in [9.17, 15) is 19.2 Å². The Kier molecular flexibility index (Phi) is 7.35. The number of nitrogens with two attached hydrogens (primary N) is 1. The Morgan fingerprint density at radius 1 is 1.03 bits per heavy atom. The van der Waals surface area contributed by atoms with Crippen LogP contribution in [0.3, 0.4) is 0 Å². The van der Waals surface area contributed by atoms with Gasteiger partial charge in [0.05, 0.1) is 17.3 Å². The fourth-order valence-electron chi connectivity index (χ4n) is 3.99. The number of nitrogens with zero attached hydrogens (tertiary/aromatic N) is 2. The molecule has 0 saturated carbocycles. The van der Waals surface area contributed by atoms with E-state index in [4.69, 9.17) is 10.5 Å². The zero-order valence-corrected chi connectivity index (χ0v) is 22.3. The third-order valence-corrected chi connectivity index (χ3v) is 8.22. The van der Waals surface area contributed by atoms with Gasteiger partial charge in [0.1, 0.15) is 27.9 Å². The summed E-state index contributed by atoms with van der Waals surface area (Å²) in [5.41, 5.74) is 7.42. The molecule has 3 N–H and O–H groups in total. The topological polar surface area (TPSA) is 133 Å². The van der Waals surface area contributed by atoms with Crippen LogP contribution in [0.1, 0.15) is 31.2 Å². The molecule has 2 amide bonds. The lowest BCUT2D eigenvalue weighted by Gasteiger charge is -2.07. The van der Waals surface area contributed by atoms with Crippen LogP contribution in [0.25, 0.3) is 20.7 Å². The number of fused-ring (bicyclic) bond motifs is 1. The molecule has 11 heteroatoms. The lowest BCUT2D eigenvalue weighted by Crippen LogP contribution is -2.28. The quantitative estimate of drug-likeness (QED) is 0.268. The molecule has 39 heavy (non-hydrogen) atoms. The SMILES string of the molecule is Cc1c(C(=O)OCc2ccccc2)sc2ncn(CC(=O)Nc3sc(-c4ccccc4)cc3C(N)=O)c(=O)c12. The number of carbonyl (C=O) groups is 3. The number of hydrogen-bond donors (Lipinski definition) is 2. The van der Waals surface area contributed by atoms with Crippen molar-refractivity contribution in [2.24, 2.45) is 5.73 Å². The van der Waals surface area contributed by atoms with E-state index in [1.54, 1.807) is 13.0 Å². The highest BCUT2D eigenvalue weighted by molar-refractivity contribution is 7.20. The molecule has 9 nitrogen and oxygen atoms in total. The first-order valence-corrected chi connectivity index (χ1v) is 13.4. The molecule has 0 saturated heterocycles. The summed E-state index contributed by atoms with van der Waals surface area (Å²) in [6.45, 7) is 1.41. The number of hydrogen-bond acceptors (Lipinski definition) is 8. The summed E-state index contributed by atoms with van der Waals surface area (Å²) in [6, 6.07) is 20.3. The Morgan fingerprint density at radius 2 is 1.72 bits per heavy atom. The molecular weight excluding hydrogens is 536 g/mol. The summed E-state index contributed by atoms with van der Waals surface area (Å²) in [4.78, 5) is 56.6. The first-order chi connectivity index (χ1) is 18.8. The number of esters is 1. The largest absolute Gasteiger partial charge is 0.457 e. The van der Waals surface area contributed by atoms with Crippen LogP contribution < -0.4 is 16.6 Å². The number of primary amides is 1. The summed E-state index contributed by atoms with van der Waals surface area (Å²) in [7, 11) is 0. The van der Waals surface area contributed by atoms with Crippen molar-refractivity contribution in [3.8, 4) is 10.4 Å². The standard InChI is InChI=1S/C28H22N4O5S2/c1-16-22-26(39-23(16)28(36)37-14-17-8-4-2-5-9-17)30-15-32(27(22)35)13-21(33)31-25-19(24(29)34)12-20(38-25)18-10-6-3-7-11-18/h2-12,15H,13-14H2,1H3,(H2,29,34)(H,31,33). The Labute approximate surface area is 230 Å². The van der Waals surface area contributed by atoms with E-state index in [1.807, 2.05) is 60.7 Å². The normalized spacial score (nSPS) is 10.9. The zero-order chi connectivity index (χ0) is 27.5. The van der Waals surface area contributed by atoms with Crippen LogP contribution in [0.4, 0.5) is 5.00 Å². The van der Waals surface area contributed by atoms with Crippen molar-refractivity contribution in [3.63, 3.8) is 0 Å². The smallest absolute Gasteiger partial charge is 0.349 e. The molecule has 0 aliphatic rings. The minimum atomic E-state index is -0.676.